The maximum Gasteiger partial charge on any atom is 0.198 e. The van der Waals surface area contributed by atoms with Crippen LogP contribution in [-0.2, 0) is 6.61 Å². The first-order valence-electron chi connectivity index (χ1n) is 4.36. The van der Waals surface area contributed by atoms with E-state index in [1.165, 1.54) is 0 Å². The Balaban J connectivity index is 2.93. The van der Waals surface area contributed by atoms with Crippen LogP contribution in [0.1, 0.15) is 11.3 Å². The molecule has 0 atom stereocenters. The molecule has 1 aromatic carbocycles. The van der Waals surface area contributed by atoms with Gasteiger partial charge in [0.25, 0.3) is 0 Å². The zero-order chi connectivity index (χ0) is 10.1. The molecule has 0 saturated carbocycles. The lowest BCUT2D eigenvalue weighted by atomic mass is 10.1. The van der Waals surface area contributed by atoms with Gasteiger partial charge in [0.05, 0.1) is 17.6 Å². The third-order valence-corrected chi connectivity index (χ3v) is 2.25. The molecule has 2 aromatic rings. The highest BCUT2D eigenvalue weighted by atomic mass is 16.3. The summed E-state index contributed by atoms with van der Waals surface area (Å²) in [7, 11) is 0. The van der Waals surface area contributed by atoms with E-state index in [0.29, 0.717) is 22.3 Å². The van der Waals surface area contributed by atoms with E-state index in [1.54, 1.807) is 25.1 Å². The average Bonchev–Trinajstić information content (AvgIpc) is 2.18. The lowest BCUT2D eigenvalue weighted by Crippen LogP contribution is -2.10. The molecule has 3 heteroatoms. The molecule has 72 valence electrons. The molecule has 0 aliphatic rings. The van der Waals surface area contributed by atoms with E-state index in [4.69, 9.17) is 9.52 Å². The summed E-state index contributed by atoms with van der Waals surface area (Å²) in [6.45, 7) is 1.40. The molecule has 2 rings (SSSR count). The summed E-state index contributed by atoms with van der Waals surface area (Å²) in [5.41, 5.74) is 0.753. The van der Waals surface area contributed by atoms with E-state index in [2.05, 4.69) is 0 Å². The van der Waals surface area contributed by atoms with E-state index in [9.17, 15) is 4.79 Å². The van der Waals surface area contributed by atoms with Crippen molar-refractivity contribution < 1.29 is 9.52 Å². The molecule has 1 heterocycles. The van der Waals surface area contributed by atoms with Gasteiger partial charge in [-0.25, -0.2) is 0 Å². The fraction of sp³-hybridized carbons (Fsp3) is 0.182. The summed E-state index contributed by atoms with van der Waals surface area (Å²) in [4.78, 5) is 11.8. The predicted octanol–water partition coefficient (Wildman–Crippen LogP) is 1.59. The topological polar surface area (TPSA) is 50.4 Å². The van der Waals surface area contributed by atoms with E-state index in [1.807, 2.05) is 6.07 Å². The summed E-state index contributed by atoms with van der Waals surface area (Å²) in [6.07, 6.45) is 0. The fourth-order valence-corrected chi connectivity index (χ4v) is 1.48. The van der Waals surface area contributed by atoms with Crippen LogP contribution >= 0.6 is 0 Å². The van der Waals surface area contributed by atoms with Crippen molar-refractivity contribution in [1.29, 1.82) is 0 Å². The fourth-order valence-electron chi connectivity index (χ4n) is 1.48. The summed E-state index contributed by atoms with van der Waals surface area (Å²) in [5.74, 6) is 0.483. The molecular weight excluding hydrogens is 180 g/mol. The van der Waals surface area contributed by atoms with Gasteiger partial charge in [0.1, 0.15) is 11.3 Å². The molecule has 0 bridgehead atoms. The third kappa shape index (κ3) is 1.22. The first-order chi connectivity index (χ1) is 6.74. The third-order valence-electron chi connectivity index (χ3n) is 2.25. The minimum Gasteiger partial charge on any atom is -0.461 e. The standard InChI is InChI=1S/C11H10O3/c1-7-9(6-12)11(13)8-4-2-3-5-10(8)14-7/h2-5,12H,6H2,1H3. The van der Waals surface area contributed by atoms with Crippen molar-refractivity contribution in [3.05, 3.63) is 45.8 Å². The monoisotopic (exact) mass is 190 g/mol. The molecule has 0 amide bonds. The van der Waals surface area contributed by atoms with Gasteiger partial charge in [0.2, 0.25) is 0 Å². The molecule has 1 N–H and O–H groups in total. The maximum absolute atomic E-state index is 11.8. The van der Waals surface area contributed by atoms with Crippen molar-refractivity contribution in [2.24, 2.45) is 0 Å². The number of hydrogen-bond acceptors (Lipinski definition) is 3. The summed E-state index contributed by atoms with van der Waals surface area (Å²) < 4.78 is 5.40. The Morgan fingerprint density at radius 3 is 2.79 bits per heavy atom. The maximum atomic E-state index is 11.8. The number of para-hydroxylation sites is 1. The number of benzene rings is 1. The second-order valence-corrected chi connectivity index (χ2v) is 3.12. The van der Waals surface area contributed by atoms with Crippen LogP contribution in [0.4, 0.5) is 0 Å². The highest BCUT2D eigenvalue weighted by Crippen LogP contribution is 2.14. The van der Waals surface area contributed by atoms with Crippen LogP contribution in [0, 0.1) is 6.92 Å². The number of rotatable bonds is 1. The lowest BCUT2D eigenvalue weighted by Gasteiger charge is -2.02. The van der Waals surface area contributed by atoms with Gasteiger partial charge in [0, 0.05) is 0 Å². The van der Waals surface area contributed by atoms with Crippen molar-refractivity contribution in [1.82, 2.24) is 0 Å². The summed E-state index contributed by atoms with van der Waals surface area (Å²) in [6, 6.07) is 7.02. The molecule has 14 heavy (non-hydrogen) atoms. The van der Waals surface area contributed by atoms with Gasteiger partial charge in [-0.15, -0.1) is 0 Å². The molecule has 0 radical (unpaired) electrons. The smallest absolute Gasteiger partial charge is 0.198 e. The quantitative estimate of drug-likeness (QED) is 0.742. The van der Waals surface area contributed by atoms with E-state index >= 15 is 0 Å². The summed E-state index contributed by atoms with van der Waals surface area (Å²) in [5, 5.41) is 9.51. The predicted molar refractivity (Wildman–Crippen MR) is 53.1 cm³/mol. The Kier molecular flexibility index (Phi) is 2.09. The van der Waals surface area contributed by atoms with Crippen LogP contribution in [0.3, 0.4) is 0 Å². The van der Waals surface area contributed by atoms with Crippen molar-refractivity contribution in [3.8, 4) is 0 Å². The second kappa shape index (κ2) is 3.27. The average molecular weight is 190 g/mol. The molecule has 0 unspecified atom stereocenters. The molecule has 0 spiro atoms. The number of fused-ring (bicyclic) bond motifs is 1. The van der Waals surface area contributed by atoms with Gasteiger partial charge < -0.3 is 9.52 Å². The van der Waals surface area contributed by atoms with Crippen molar-refractivity contribution >= 4 is 11.0 Å². The molecule has 1 aromatic heterocycles. The largest absolute Gasteiger partial charge is 0.461 e. The van der Waals surface area contributed by atoms with Gasteiger partial charge in [-0.05, 0) is 19.1 Å². The van der Waals surface area contributed by atoms with Crippen LogP contribution < -0.4 is 5.43 Å². The van der Waals surface area contributed by atoms with Gasteiger partial charge in [-0.3, -0.25) is 4.79 Å². The van der Waals surface area contributed by atoms with Crippen LogP contribution in [0.5, 0.6) is 0 Å². The zero-order valence-electron chi connectivity index (χ0n) is 7.78. The molecule has 3 nitrogen and oxygen atoms in total. The van der Waals surface area contributed by atoms with Crippen LogP contribution in [-0.4, -0.2) is 5.11 Å². The van der Waals surface area contributed by atoms with Crippen molar-refractivity contribution in [3.63, 3.8) is 0 Å². The Morgan fingerprint density at radius 2 is 2.07 bits per heavy atom. The van der Waals surface area contributed by atoms with Gasteiger partial charge >= 0.3 is 0 Å². The Labute approximate surface area is 80.6 Å². The zero-order valence-corrected chi connectivity index (χ0v) is 7.78. The van der Waals surface area contributed by atoms with Crippen molar-refractivity contribution in [2.45, 2.75) is 13.5 Å². The Bertz CT molecular complexity index is 526. The number of aliphatic hydroxyl groups excluding tert-OH is 1. The highest BCUT2D eigenvalue weighted by Gasteiger charge is 2.08. The highest BCUT2D eigenvalue weighted by molar-refractivity contribution is 5.76. The number of aliphatic hydroxyl groups is 1. The van der Waals surface area contributed by atoms with Crippen LogP contribution in [0.25, 0.3) is 11.0 Å². The van der Waals surface area contributed by atoms with E-state index < -0.39 is 0 Å². The van der Waals surface area contributed by atoms with Crippen molar-refractivity contribution in [2.75, 3.05) is 0 Å². The number of aryl methyl sites for hydroxylation is 1. The summed E-state index contributed by atoms with van der Waals surface area (Å²) >= 11 is 0. The Hall–Kier alpha value is -1.61. The first-order valence-corrected chi connectivity index (χ1v) is 4.36. The van der Waals surface area contributed by atoms with E-state index in [-0.39, 0.29) is 12.0 Å². The van der Waals surface area contributed by atoms with Gasteiger partial charge in [-0.2, -0.15) is 0 Å². The van der Waals surface area contributed by atoms with E-state index in [0.717, 1.165) is 0 Å². The molecule has 0 saturated heterocycles. The van der Waals surface area contributed by atoms with Crippen LogP contribution in [0.15, 0.2) is 33.5 Å². The SMILES string of the molecule is Cc1oc2ccccc2c(=O)c1CO. The van der Waals surface area contributed by atoms with Gasteiger partial charge in [-0.1, -0.05) is 12.1 Å². The first kappa shape index (κ1) is 8.97. The van der Waals surface area contributed by atoms with Gasteiger partial charge in [0.15, 0.2) is 5.43 Å². The normalized spacial score (nSPS) is 10.7. The molecule has 0 aliphatic carbocycles. The lowest BCUT2D eigenvalue weighted by molar-refractivity contribution is 0.275. The van der Waals surface area contributed by atoms with Crippen LogP contribution in [0.2, 0.25) is 0 Å². The minimum absolute atomic E-state index is 0.146. The Morgan fingerprint density at radius 1 is 1.36 bits per heavy atom. The minimum atomic E-state index is -0.279. The second-order valence-electron chi connectivity index (χ2n) is 3.12. The molecular formula is C11H10O3. The molecule has 0 fully saturated rings. The molecule has 0 aliphatic heterocycles. The number of hydrogen-bond donors (Lipinski definition) is 1.